The van der Waals surface area contributed by atoms with E-state index in [1.807, 2.05) is 6.08 Å². The number of hydrogen-bond donors (Lipinski definition) is 1. The van der Waals surface area contributed by atoms with Gasteiger partial charge in [-0.3, -0.25) is 4.79 Å². The van der Waals surface area contributed by atoms with E-state index in [4.69, 9.17) is 0 Å². The van der Waals surface area contributed by atoms with Crippen LogP contribution in [0.15, 0.2) is 48.1 Å². The molecule has 0 aromatic heterocycles. The van der Waals surface area contributed by atoms with Crippen molar-refractivity contribution in [3.63, 3.8) is 0 Å². The van der Waals surface area contributed by atoms with Gasteiger partial charge in [0.25, 0.3) is 0 Å². The summed E-state index contributed by atoms with van der Waals surface area (Å²) in [6.07, 6.45) is 9.12. The second kappa shape index (κ2) is 8.74. The summed E-state index contributed by atoms with van der Waals surface area (Å²) in [5.74, 6) is 6.17. The molecule has 0 heterocycles. The molecule has 5 rings (SSSR count). The van der Waals surface area contributed by atoms with E-state index in [-0.39, 0.29) is 35.4 Å². The Morgan fingerprint density at radius 3 is 2.49 bits per heavy atom. The average molecular weight is 535 g/mol. The van der Waals surface area contributed by atoms with Gasteiger partial charge in [-0.25, -0.2) is 0 Å². The number of benzene rings is 1. The lowest BCUT2D eigenvalue weighted by Gasteiger charge is -2.56. The van der Waals surface area contributed by atoms with E-state index in [2.05, 4.69) is 29.0 Å². The fraction of sp³-hybridized carbons (Fsp3) is 0.536. The summed E-state index contributed by atoms with van der Waals surface area (Å²) < 4.78 is 65.5. The van der Waals surface area contributed by atoms with Crippen LogP contribution in [0.4, 0.5) is 13.2 Å². The van der Waals surface area contributed by atoms with E-state index in [9.17, 15) is 31.5 Å². The molecule has 0 amide bonds. The van der Waals surface area contributed by atoms with Gasteiger partial charge in [-0.1, -0.05) is 37.1 Å². The van der Waals surface area contributed by atoms with Crippen molar-refractivity contribution in [2.24, 2.45) is 29.1 Å². The van der Waals surface area contributed by atoms with Crippen LogP contribution in [0.1, 0.15) is 57.4 Å². The predicted molar refractivity (Wildman–Crippen MR) is 131 cm³/mol. The molecule has 1 N–H and O–H groups in total. The summed E-state index contributed by atoms with van der Waals surface area (Å²) in [4.78, 5) is 12.1. The molecular formula is C28H29F3O5S. The molecule has 0 spiro atoms. The van der Waals surface area contributed by atoms with Crippen LogP contribution in [-0.4, -0.2) is 30.4 Å². The molecule has 0 bridgehead atoms. The van der Waals surface area contributed by atoms with Crippen LogP contribution >= 0.6 is 0 Å². The molecule has 7 atom stereocenters. The van der Waals surface area contributed by atoms with Crippen LogP contribution in [0.5, 0.6) is 5.75 Å². The smallest absolute Gasteiger partial charge is 0.377 e. The van der Waals surface area contributed by atoms with E-state index in [1.165, 1.54) is 12.1 Å². The fourth-order valence-electron chi connectivity index (χ4n) is 7.49. The highest BCUT2D eigenvalue weighted by atomic mass is 32.2. The number of alkyl halides is 3. The van der Waals surface area contributed by atoms with Crippen molar-refractivity contribution in [3.8, 4) is 17.6 Å². The topological polar surface area (TPSA) is 80.7 Å². The predicted octanol–water partition coefficient (Wildman–Crippen LogP) is 5.28. The van der Waals surface area contributed by atoms with Crippen molar-refractivity contribution in [2.75, 3.05) is 0 Å². The molecule has 1 aromatic rings. The van der Waals surface area contributed by atoms with E-state index in [0.29, 0.717) is 19.3 Å². The minimum Gasteiger partial charge on any atom is -0.377 e. The Morgan fingerprint density at radius 2 is 1.84 bits per heavy atom. The number of aliphatic hydroxyl groups is 1. The number of allylic oxidation sites excluding steroid dienone is 4. The van der Waals surface area contributed by atoms with E-state index < -0.39 is 32.4 Å². The Balaban J connectivity index is 1.56. The maximum absolute atomic E-state index is 12.8. The van der Waals surface area contributed by atoms with Gasteiger partial charge in [0.1, 0.15) is 11.4 Å². The molecule has 2 fully saturated rings. The third-order valence-corrected chi connectivity index (χ3v) is 10.1. The number of halogens is 3. The van der Waals surface area contributed by atoms with Gasteiger partial charge in [-0.05, 0) is 91.5 Å². The molecule has 5 nitrogen and oxygen atoms in total. The Bertz CT molecular complexity index is 1330. The molecule has 0 unspecified atom stereocenters. The number of rotatable bonds is 3. The third-order valence-electron chi connectivity index (χ3n) is 9.16. The van der Waals surface area contributed by atoms with Crippen molar-refractivity contribution in [1.82, 2.24) is 0 Å². The quantitative estimate of drug-likeness (QED) is 0.324. The van der Waals surface area contributed by atoms with Crippen molar-refractivity contribution in [2.45, 2.75) is 63.0 Å². The lowest BCUT2D eigenvalue weighted by molar-refractivity contribution is -0.116. The van der Waals surface area contributed by atoms with Crippen molar-refractivity contribution < 1.29 is 35.7 Å². The van der Waals surface area contributed by atoms with E-state index >= 15 is 0 Å². The van der Waals surface area contributed by atoms with Crippen molar-refractivity contribution in [3.05, 3.63) is 53.6 Å². The van der Waals surface area contributed by atoms with Gasteiger partial charge in [0.2, 0.25) is 0 Å². The molecule has 37 heavy (non-hydrogen) atoms. The largest absolute Gasteiger partial charge is 0.534 e. The molecule has 1 aromatic carbocycles. The number of fused-ring (bicyclic) bond motifs is 5. The molecule has 0 radical (unpaired) electrons. The van der Waals surface area contributed by atoms with Crippen molar-refractivity contribution >= 4 is 15.9 Å². The Hall–Kier alpha value is -2.57. The molecule has 0 aliphatic heterocycles. The molecule has 198 valence electrons. The zero-order valence-electron chi connectivity index (χ0n) is 20.6. The van der Waals surface area contributed by atoms with Crippen LogP contribution in [0.2, 0.25) is 0 Å². The van der Waals surface area contributed by atoms with Crippen LogP contribution in [-0.2, 0) is 14.9 Å². The minimum atomic E-state index is -5.77. The summed E-state index contributed by atoms with van der Waals surface area (Å²) in [6.45, 7) is 3.79. The number of ketones is 1. The molecular weight excluding hydrogens is 505 g/mol. The Kier molecular flexibility index (Phi) is 6.15. The average Bonchev–Trinajstić information content (AvgIpc) is 3.08. The van der Waals surface area contributed by atoms with Crippen LogP contribution in [0.3, 0.4) is 0 Å². The summed E-state index contributed by atoms with van der Waals surface area (Å²) in [5.41, 5.74) is -5.37. The highest BCUT2D eigenvalue weighted by Gasteiger charge is 2.64. The Morgan fingerprint density at radius 1 is 1.14 bits per heavy atom. The first kappa shape index (κ1) is 26.1. The summed E-state index contributed by atoms with van der Waals surface area (Å²) in [7, 11) is -5.77. The van der Waals surface area contributed by atoms with Gasteiger partial charge in [-0.15, -0.1) is 5.92 Å². The first-order valence-corrected chi connectivity index (χ1v) is 13.9. The molecule has 2 saturated carbocycles. The number of carbonyl (C=O) groups excluding carboxylic acids is 1. The van der Waals surface area contributed by atoms with Gasteiger partial charge in [0, 0.05) is 11.8 Å². The normalized spacial score (nSPS) is 37.0. The van der Waals surface area contributed by atoms with Crippen LogP contribution < -0.4 is 4.18 Å². The second-order valence-electron chi connectivity index (χ2n) is 10.9. The zero-order valence-corrected chi connectivity index (χ0v) is 21.4. The van der Waals surface area contributed by atoms with Crippen LogP contribution in [0, 0.1) is 40.9 Å². The number of carbonyl (C=O) groups is 1. The highest BCUT2D eigenvalue weighted by molar-refractivity contribution is 7.88. The molecule has 0 saturated heterocycles. The van der Waals surface area contributed by atoms with Gasteiger partial charge in [0.05, 0.1) is 0 Å². The lowest BCUT2D eigenvalue weighted by Crippen LogP contribution is -2.54. The van der Waals surface area contributed by atoms with Crippen LogP contribution in [0.25, 0.3) is 0 Å². The molecule has 4 aliphatic rings. The van der Waals surface area contributed by atoms with Crippen molar-refractivity contribution in [1.29, 1.82) is 0 Å². The highest BCUT2D eigenvalue weighted by Crippen LogP contribution is 2.67. The maximum atomic E-state index is 12.8. The van der Waals surface area contributed by atoms with E-state index in [1.54, 1.807) is 25.1 Å². The molecule has 9 heteroatoms. The van der Waals surface area contributed by atoms with Gasteiger partial charge in [-0.2, -0.15) is 21.6 Å². The lowest BCUT2D eigenvalue weighted by atomic mass is 9.48. The molecule has 4 aliphatic carbocycles. The van der Waals surface area contributed by atoms with Gasteiger partial charge < -0.3 is 9.29 Å². The van der Waals surface area contributed by atoms with E-state index in [0.717, 1.165) is 24.0 Å². The SMILES string of the molecule is CC#C[C@]1(O)CC[C@H]2[C@@H]3C=CC4=CC(=O)CC[C@@H]4[C@H]3[C@@H](c3ccc(OS(=O)(=O)C(F)(F)F)cc3)C[C@@]21C. The summed E-state index contributed by atoms with van der Waals surface area (Å²) >= 11 is 0. The fourth-order valence-corrected chi connectivity index (χ4v) is 7.95. The monoisotopic (exact) mass is 534 g/mol. The minimum absolute atomic E-state index is 0.0886. The summed E-state index contributed by atoms with van der Waals surface area (Å²) in [5, 5.41) is 11.7. The Labute approximate surface area is 214 Å². The zero-order chi connectivity index (χ0) is 26.8. The maximum Gasteiger partial charge on any atom is 0.534 e. The first-order chi connectivity index (χ1) is 17.3. The first-order valence-electron chi connectivity index (χ1n) is 12.5. The number of hydrogen-bond acceptors (Lipinski definition) is 5. The second-order valence-corrected chi connectivity index (χ2v) is 12.5. The van der Waals surface area contributed by atoms with Gasteiger partial charge >= 0.3 is 15.6 Å². The standard InChI is InChI=1S/C28H29F3O5S/c1-3-13-27(33)14-12-24-22-10-6-18-15-19(32)7-11-21(18)25(22)23(16-26(24,27)2)17-4-8-20(9-5-17)36-37(34,35)28(29,30)31/h4-6,8-10,15,21-25,33H,7,11-12,14,16H2,1-2H3/t21-,22-,23+,24-,25+,26-,27-/m0/s1. The third kappa shape index (κ3) is 4.13. The summed E-state index contributed by atoms with van der Waals surface area (Å²) in [6, 6.07) is 5.72. The van der Waals surface area contributed by atoms with Gasteiger partial charge in [0.15, 0.2) is 5.78 Å².